The molecule has 1 fully saturated rings. The molecule has 1 aliphatic rings. The lowest BCUT2D eigenvalue weighted by Gasteiger charge is -2.14. The number of carbonyl (C=O) groups excluding carboxylic acids is 3. The predicted octanol–water partition coefficient (Wildman–Crippen LogP) is 1.37. The Morgan fingerprint density at radius 1 is 1.11 bits per heavy atom. The van der Waals surface area contributed by atoms with Crippen LogP contribution in [-0.2, 0) is 14.4 Å². The first-order valence-corrected chi connectivity index (χ1v) is 8.42. The standard InChI is InChI=1S/C18H20N6O3/c1-23(2)14-9-15(22-19-10-14)20-12-3-5-13(6-4-12)21-16(25)11-24-17(26)7-8-18(24)27/h3-6,9-10H,7-8,11H2,1-2H3,(H,20,22)(H,21,25). The molecule has 1 saturated heterocycles. The van der Waals surface area contributed by atoms with Gasteiger partial charge in [0.2, 0.25) is 17.7 Å². The molecule has 1 aliphatic heterocycles. The third kappa shape index (κ3) is 4.57. The summed E-state index contributed by atoms with van der Waals surface area (Å²) < 4.78 is 0. The number of carbonyl (C=O) groups is 3. The fraction of sp³-hybridized carbons (Fsp3) is 0.278. The second-order valence-corrected chi connectivity index (χ2v) is 6.32. The highest BCUT2D eigenvalue weighted by Gasteiger charge is 2.30. The molecule has 9 heteroatoms. The average Bonchev–Trinajstić information content (AvgIpc) is 2.95. The molecule has 0 aliphatic carbocycles. The van der Waals surface area contributed by atoms with Crippen LogP contribution in [0.2, 0.25) is 0 Å². The number of nitrogens with zero attached hydrogens (tertiary/aromatic N) is 4. The Morgan fingerprint density at radius 2 is 1.74 bits per heavy atom. The van der Waals surface area contributed by atoms with Gasteiger partial charge in [0.15, 0.2) is 5.82 Å². The van der Waals surface area contributed by atoms with Gasteiger partial charge in [-0.15, -0.1) is 5.10 Å². The maximum Gasteiger partial charge on any atom is 0.244 e. The van der Waals surface area contributed by atoms with Crippen molar-refractivity contribution in [1.29, 1.82) is 0 Å². The van der Waals surface area contributed by atoms with Gasteiger partial charge in [-0.2, -0.15) is 5.10 Å². The number of imide groups is 1. The molecule has 2 heterocycles. The molecule has 27 heavy (non-hydrogen) atoms. The van der Waals surface area contributed by atoms with E-state index in [9.17, 15) is 14.4 Å². The zero-order chi connectivity index (χ0) is 19.4. The van der Waals surface area contributed by atoms with Crippen molar-refractivity contribution < 1.29 is 14.4 Å². The highest BCUT2D eigenvalue weighted by molar-refractivity contribution is 6.06. The summed E-state index contributed by atoms with van der Waals surface area (Å²) >= 11 is 0. The number of likely N-dealkylation sites (tertiary alicyclic amines) is 1. The Labute approximate surface area is 156 Å². The van der Waals surface area contributed by atoms with Crippen LogP contribution in [0.3, 0.4) is 0 Å². The van der Waals surface area contributed by atoms with Gasteiger partial charge in [-0.25, -0.2) is 0 Å². The predicted molar refractivity (Wildman–Crippen MR) is 101 cm³/mol. The van der Waals surface area contributed by atoms with E-state index in [1.807, 2.05) is 25.1 Å². The summed E-state index contributed by atoms with van der Waals surface area (Å²) in [5.74, 6) is -0.431. The normalized spacial score (nSPS) is 13.6. The molecule has 3 rings (SSSR count). The third-order valence-electron chi connectivity index (χ3n) is 4.05. The lowest BCUT2D eigenvalue weighted by atomic mass is 10.2. The van der Waals surface area contributed by atoms with Gasteiger partial charge in [0.1, 0.15) is 6.54 Å². The molecule has 1 aromatic heterocycles. The molecule has 0 bridgehead atoms. The zero-order valence-corrected chi connectivity index (χ0v) is 15.1. The summed E-state index contributed by atoms with van der Waals surface area (Å²) in [5.41, 5.74) is 2.27. The molecule has 0 spiro atoms. The van der Waals surface area contributed by atoms with Crippen molar-refractivity contribution in [3.05, 3.63) is 36.5 Å². The largest absolute Gasteiger partial charge is 0.376 e. The summed E-state index contributed by atoms with van der Waals surface area (Å²) in [5, 5.41) is 13.8. The fourth-order valence-corrected chi connectivity index (χ4v) is 2.59. The van der Waals surface area contributed by atoms with Crippen LogP contribution < -0.4 is 15.5 Å². The quantitative estimate of drug-likeness (QED) is 0.742. The SMILES string of the molecule is CN(C)c1cnnc(Nc2ccc(NC(=O)CN3C(=O)CCC3=O)cc2)c1. The smallest absolute Gasteiger partial charge is 0.244 e. The lowest BCUT2D eigenvalue weighted by Crippen LogP contribution is -2.36. The van der Waals surface area contributed by atoms with E-state index in [0.717, 1.165) is 16.3 Å². The molecular formula is C18H20N6O3. The number of nitrogens with one attached hydrogen (secondary N) is 2. The van der Waals surface area contributed by atoms with Crippen LogP contribution in [-0.4, -0.2) is 53.5 Å². The molecule has 3 amide bonds. The van der Waals surface area contributed by atoms with Crippen LogP contribution >= 0.6 is 0 Å². The minimum Gasteiger partial charge on any atom is -0.376 e. The average molecular weight is 368 g/mol. The Balaban J connectivity index is 1.58. The Hall–Kier alpha value is -3.49. The van der Waals surface area contributed by atoms with Crippen molar-refractivity contribution in [2.45, 2.75) is 12.8 Å². The molecule has 0 saturated carbocycles. The first-order valence-electron chi connectivity index (χ1n) is 8.42. The van der Waals surface area contributed by atoms with Gasteiger partial charge in [0, 0.05) is 44.4 Å². The van der Waals surface area contributed by atoms with Gasteiger partial charge in [-0.05, 0) is 24.3 Å². The molecule has 0 unspecified atom stereocenters. The van der Waals surface area contributed by atoms with Crippen LogP contribution in [0.4, 0.5) is 22.9 Å². The first-order chi connectivity index (χ1) is 12.9. The molecule has 1 aromatic carbocycles. The highest BCUT2D eigenvalue weighted by Crippen LogP contribution is 2.20. The van der Waals surface area contributed by atoms with Gasteiger partial charge >= 0.3 is 0 Å². The van der Waals surface area contributed by atoms with Crippen molar-refractivity contribution in [3.8, 4) is 0 Å². The minimum absolute atomic E-state index is 0.171. The molecule has 0 radical (unpaired) electrons. The van der Waals surface area contributed by atoms with Crippen LogP contribution in [0.25, 0.3) is 0 Å². The van der Waals surface area contributed by atoms with E-state index in [0.29, 0.717) is 11.5 Å². The molecular weight excluding hydrogens is 348 g/mol. The number of benzene rings is 1. The van der Waals surface area contributed by atoms with E-state index >= 15 is 0 Å². The third-order valence-corrected chi connectivity index (χ3v) is 4.05. The Kier molecular flexibility index (Phi) is 5.30. The molecule has 2 aromatic rings. The second kappa shape index (κ2) is 7.81. The maximum atomic E-state index is 12.0. The van der Waals surface area contributed by atoms with Crippen molar-refractivity contribution in [3.63, 3.8) is 0 Å². The minimum atomic E-state index is -0.413. The molecule has 2 N–H and O–H groups in total. The van der Waals surface area contributed by atoms with E-state index in [-0.39, 0.29) is 31.2 Å². The van der Waals surface area contributed by atoms with Crippen LogP contribution in [0.5, 0.6) is 0 Å². The van der Waals surface area contributed by atoms with Gasteiger partial charge < -0.3 is 15.5 Å². The van der Waals surface area contributed by atoms with Crippen molar-refractivity contribution >= 4 is 40.6 Å². The topological polar surface area (TPSA) is 108 Å². The number of aromatic nitrogens is 2. The molecule has 140 valence electrons. The fourth-order valence-electron chi connectivity index (χ4n) is 2.59. The summed E-state index contributed by atoms with van der Waals surface area (Å²) in [7, 11) is 3.84. The number of hydrogen-bond acceptors (Lipinski definition) is 7. The van der Waals surface area contributed by atoms with E-state index in [2.05, 4.69) is 20.8 Å². The van der Waals surface area contributed by atoms with Gasteiger partial charge in [0.25, 0.3) is 0 Å². The van der Waals surface area contributed by atoms with Crippen molar-refractivity contribution in [2.75, 3.05) is 36.2 Å². The number of amides is 3. The molecule has 9 nitrogen and oxygen atoms in total. The summed E-state index contributed by atoms with van der Waals surface area (Å²) in [4.78, 5) is 38.1. The van der Waals surface area contributed by atoms with Crippen molar-refractivity contribution in [1.82, 2.24) is 15.1 Å². The van der Waals surface area contributed by atoms with Gasteiger partial charge in [-0.3, -0.25) is 19.3 Å². The summed E-state index contributed by atoms with van der Waals surface area (Å²) in [6.45, 7) is -0.259. The second-order valence-electron chi connectivity index (χ2n) is 6.32. The first kappa shape index (κ1) is 18.3. The van der Waals surface area contributed by atoms with Crippen LogP contribution in [0.1, 0.15) is 12.8 Å². The van der Waals surface area contributed by atoms with E-state index in [4.69, 9.17) is 0 Å². The summed E-state index contributed by atoms with van der Waals surface area (Å²) in [6.07, 6.45) is 2.01. The zero-order valence-electron chi connectivity index (χ0n) is 15.1. The van der Waals surface area contributed by atoms with Crippen molar-refractivity contribution in [2.24, 2.45) is 0 Å². The number of anilines is 4. The van der Waals surface area contributed by atoms with Crippen LogP contribution in [0, 0.1) is 0 Å². The molecule has 0 atom stereocenters. The maximum absolute atomic E-state index is 12.0. The van der Waals surface area contributed by atoms with Gasteiger partial charge in [0.05, 0.1) is 11.9 Å². The van der Waals surface area contributed by atoms with E-state index in [1.54, 1.807) is 30.5 Å². The summed E-state index contributed by atoms with van der Waals surface area (Å²) in [6, 6.07) is 8.87. The van der Waals surface area contributed by atoms with E-state index < -0.39 is 5.91 Å². The number of hydrogen-bond donors (Lipinski definition) is 2. The Bertz CT molecular complexity index is 850. The van der Waals surface area contributed by atoms with Gasteiger partial charge in [-0.1, -0.05) is 0 Å². The Morgan fingerprint density at radius 3 is 2.37 bits per heavy atom. The number of rotatable bonds is 6. The van der Waals surface area contributed by atoms with E-state index in [1.165, 1.54) is 0 Å². The highest BCUT2D eigenvalue weighted by atomic mass is 16.2. The van der Waals surface area contributed by atoms with Crippen LogP contribution in [0.15, 0.2) is 36.5 Å². The monoisotopic (exact) mass is 368 g/mol. The lowest BCUT2D eigenvalue weighted by molar-refractivity contribution is -0.141.